The van der Waals surface area contributed by atoms with Gasteiger partial charge in [0.05, 0.1) is 13.5 Å². The fraction of sp³-hybridized carbons (Fsp3) is 0.600. The molecule has 0 spiro atoms. The number of carbonyl (C=O) groups is 2. The zero-order valence-corrected chi connectivity index (χ0v) is 8.21. The molecule has 14 heavy (non-hydrogen) atoms. The Morgan fingerprint density at radius 3 is 2.93 bits per heavy atom. The first-order valence-corrected chi connectivity index (χ1v) is 4.80. The molecule has 0 N–H and O–H groups in total. The SMILES string of the molecule is COC(=O)CC1=C2CCC(=O)N2CC1. The number of allylic oxidation sites excluding steroid dienone is 1. The third-order valence-corrected chi connectivity index (χ3v) is 2.83. The first-order chi connectivity index (χ1) is 6.72. The molecule has 1 fully saturated rings. The Labute approximate surface area is 82.5 Å². The van der Waals surface area contributed by atoms with E-state index in [4.69, 9.17) is 0 Å². The topological polar surface area (TPSA) is 46.6 Å². The highest BCUT2D eigenvalue weighted by Crippen LogP contribution is 2.34. The Balaban J connectivity index is 2.13. The second-order valence-electron chi connectivity index (χ2n) is 3.60. The summed E-state index contributed by atoms with van der Waals surface area (Å²) in [5.74, 6) is -0.0198. The van der Waals surface area contributed by atoms with Crippen molar-refractivity contribution >= 4 is 11.9 Å². The standard InChI is InChI=1S/C10H13NO3/c1-14-10(13)6-7-4-5-11-8(7)2-3-9(11)12/h2-6H2,1H3. The maximum atomic E-state index is 11.3. The van der Waals surface area contributed by atoms with E-state index in [1.165, 1.54) is 7.11 Å². The Kier molecular flexibility index (Phi) is 2.27. The molecule has 2 aliphatic heterocycles. The molecule has 0 aromatic rings. The van der Waals surface area contributed by atoms with Crippen molar-refractivity contribution in [1.82, 2.24) is 4.90 Å². The second kappa shape index (κ2) is 3.44. The number of amides is 1. The molecule has 0 aromatic heterocycles. The van der Waals surface area contributed by atoms with Gasteiger partial charge in [-0.15, -0.1) is 0 Å². The smallest absolute Gasteiger partial charge is 0.309 e. The predicted octanol–water partition coefficient (Wildman–Crippen LogP) is 0.830. The molecule has 0 bridgehead atoms. The molecule has 0 atom stereocenters. The molecule has 0 unspecified atom stereocenters. The van der Waals surface area contributed by atoms with Gasteiger partial charge in [-0.05, 0) is 18.4 Å². The number of fused-ring (bicyclic) bond motifs is 1. The average Bonchev–Trinajstić information content (AvgIpc) is 2.72. The minimum absolute atomic E-state index is 0.194. The maximum Gasteiger partial charge on any atom is 0.309 e. The van der Waals surface area contributed by atoms with E-state index in [0.29, 0.717) is 12.8 Å². The van der Waals surface area contributed by atoms with Crippen molar-refractivity contribution in [2.24, 2.45) is 0 Å². The zero-order valence-electron chi connectivity index (χ0n) is 8.21. The van der Waals surface area contributed by atoms with Crippen molar-refractivity contribution in [1.29, 1.82) is 0 Å². The quantitative estimate of drug-likeness (QED) is 0.613. The van der Waals surface area contributed by atoms with Crippen LogP contribution in [0.5, 0.6) is 0 Å². The van der Waals surface area contributed by atoms with E-state index in [-0.39, 0.29) is 11.9 Å². The van der Waals surface area contributed by atoms with Crippen LogP contribution in [0.3, 0.4) is 0 Å². The van der Waals surface area contributed by atoms with Gasteiger partial charge < -0.3 is 9.64 Å². The monoisotopic (exact) mass is 195 g/mol. The fourth-order valence-corrected chi connectivity index (χ4v) is 2.10. The number of rotatable bonds is 2. The Morgan fingerprint density at radius 1 is 1.43 bits per heavy atom. The van der Waals surface area contributed by atoms with Gasteiger partial charge in [-0.25, -0.2) is 0 Å². The van der Waals surface area contributed by atoms with E-state index >= 15 is 0 Å². The first kappa shape index (κ1) is 9.24. The first-order valence-electron chi connectivity index (χ1n) is 4.80. The van der Waals surface area contributed by atoms with Gasteiger partial charge >= 0.3 is 5.97 Å². The Bertz CT molecular complexity index is 319. The number of nitrogens with zero attached hydrogens (tertiary/aromatic N) is 1. The van der Waals surface area contributed by atoms with Crippen LogP contribution in [0.2, 0.25) is 0 Å². The summed E-state index contributed by atoms with van der Waals surface area (Å²) in [4.78, 5) is 24.2. The van der Waals surface area contributed by atoms with Crippen LogP contribution in [0, 0.1) is 0 Å². The number of ether oxygens (including phenoxy) is 1. The Morgan fingerprint density at radius 2 is 2.21 bits per heavy atom. The predicted molar refractivity (Wildman–Crippen MR) is 49.2 cm³/mol. The highest BCUT2D eigenvalue weighted by atomic mass is 16.5. The van der Waals surface area contributed by atoms with E-state index in [9.17, 15) is 9.59 Å². The van der Waals surface area contributed by atoms with Crippen molar-refractivity contribution in [3.05, 3.63) is 11.3 Å². The highest BCUT2D eigenvalue weighted by Gasteiger charge is 2.33. The van der Waals surface area contributed by atoms with E-state index in [1.807, 2.05) is 0 Å². The van der Waals surface area contributed by atoms with Crippen LogP contribution in [-0.4, -0.2) is 30.4 Å². The minimum atomic E-state index is -0.214. The lowest BCUT2D eigenvalue weighted by Crippen LogP contribution is -2.19. The Hall–Kier alpha value is -1.32. The molecule has 0 radical (unpaired) electrons. The fourth-order valence-electron chi connectivity index (χ4n) is 2.10. The molecule has 4 nitrogen and oxygen atoms in total. The summed E-state index contributed by atoms with van der Waals surface area (Å²) in [5.41, 5.74) is 2.16. The molecular weight excluding hydrogens is 182 g/mol. The molecule has 2 aliphatic rings. The number of hydrogen-bond donors (Lipinski definition) is 0. The summed E-state index contributed by atoms with van der Waals surface area (Å²) in [6.45, 7) is 0.750. The number of esters is 1. The lowest BCUT2D eigenvalue weighted by molar-refractivity contribution is -0.139. The summed E-state index contributed by atoms with van der Waals surface area (Å²) in [6.07, 6.45) is 2.57. The van der Waals surface area contributed by atoms with Crippen LogP contribution in [0.4, 0.5) is 0 Å². The van der Waals surface area contributed by atoms with Gasteiger partial charge in [-0.2, -0.15) is 0 Å². The molecule has 76 valence electrons. The zero-order chi connectivity index (χ0) is 10.1. The van der Waals surface area contributed by atoms with Crippen LogP contribution in [0.25, 0.3) is 0 Å². The molecule has 0 aromatic carbocycles. The van der Waals surface area contributed by atoms with Crippen LogP contribution >= 0.6 is 0 Å². The van der Waals surface area contributed by atoms with Gasteiger partial charge in [0.15, 0.2) is 0 Å². The molecule has 4 heteroatoms. The number of methoxy groups -OCH3 is 1. The molecule has 2 heterocycles. The van der Waals surface area contributed by atoms with Gasteiger partial charge in [-0.1, -0.05) is 0 Å². The molecule has 0 saturated carbocycles. The summed E-state index contributed by atoms with van der Waals surface area (Å²) < 4.78 is 4.61. The largest absolute Gasteiger partial charge is 0.469 e. The third kappa shape index (κ3) is 1.41. The molecule has 2 rings (SSSR count). The summed E-state index contributed by atoms with van der Waals surface area (Å²) in [7, 11) is 1.39. The van der Waals surface area contributed by atoms with Crippen LogP contribution in [0.15, 0.2) is 11.3 Å². The molecular formula is C10H13NO3. The van der Waals surface area contributed by atoms with Crippen LogP contribution < -0.4 is 0 Å². The van der Waals surface area contributed by atoms with Crippen molar-refractivity contribution < 1.29 is 14.3 Å². The van der Waals surface area contributed by atoms with Crippen LogP contribution in [-0.2, 0) is 14.3 Å². The summed E-state index contributed by atoms with van der Waals surface area (Å²) in [5, 5.41) is 0. The second-order valence-corrected chi connectivity index (χ2v) is 3.60. The van der Waals surface area contributed by atoms with Crippen LogP contribution in [0.1, 0.15) is 25.7 Å². The highest BCUT2D eigenvalue weighted by molar-refractivity contribution is 5.83. The normalized spacial score (nSPS) is 20.4. The lowest BCUT2D eigenvalue weighted by Gasteiger charge is -2.09. The molecule has 0 aliphatic carbocycles. The lowest BCUT2D eigenvalue weighted by atomic mass is 10.1. The van der Waals surface area contributed by atoms with Crippen molar-refractivity contribution in [3.63, 3.8) is 0 Å². The number of hydrogen-bond acceptors (Lipinski definition) is 3. The van der Waals surface area contributed by atoms with Crippen molar-refractivity contribution in [2.45, 2.75) is 25.7 Å². The van der Waals surface area contributed by atoms with E-state index in [0.717, 1.165) is 30.7 Å². The van der Waals surface area contributed by atoms with Gasteiger partial charge in [0.2, 0.25) is 5.91 Å². The van der Waals surface area contributed by atoms with Gasteiger partial charge in [0.1, 0.15) is 0 Å². The van der Waals surface area contributed by atoms with Crippen molar-refractivity contribution in [2.75, 3.05) is 13.7 Å². The minimum Gasteiger partial charge on any atom is -0.469 e. The average molecular weight is 195 g/mol. The third-order valence-electron chi connectivity index (χ3n) is 2.83. The van der Waals surface area contributed by atoms with E-state index < -0.39 is 0 Å². The van der Waals surface area contributed by atoms with Gasteiger partial charge in [-0.3, -0.25) is 9.59 Å². The van der Waals surface area contributed by atoms with E-state index in [2.05, 4.69) is 4.74 Å². The summed E-state index contributed by atoms with van der Waals surface area (Å²) >= 11 is 0. The molecule has 1 amide bonds. The van der Waals surface area contributed by atoms with E-state index in [1.54, 1.807) is 4.90 Å². The van der Waals surface area contributed by atoms with Crippen molar-refractivity contribution in [3.8, 4) is 0 Å². The van der Waals surface area contributed by atoms with Gasteiger partial charge in [0.25, 0.3) is 0 Å². The number of carbonyl (C=O) groups excluding carboxylic acids is 2. The molecule has 1 saturated heterocycles. The summed E-state index contributed by atoms with van der Waals surface area (Å²) in [6, 6.07) is 0. The van der Waals surface area contributed by atoms with Gasteiger partial charge in [0, 0.05) is 18.7 Å². The maximum absolute atomic E-state index is 11.3.